The van der Waals surface area contributed by atoms with E-state index in [1.807, 2.05) is 0 Å². The summed E-state index contributed by atoms with van der Waals surface area (Å²) >= 11 is 0. The van der Waals surface area contributed by atoms with Crippen molar-refractivity contribution < 1.29 is 14.3 Å². The van der Waals surface area contributed by atoms with Gasteiger partial charge in [0.2, 0.25) is 11.8 Å². The van der Waals surface area contributed by atoms with Gasteiger partial charge in [0.15, 0.2) is 0 Å². The molecule has 0 saturated carbocycles. The van der Waals surface area contributed by atoms with Crippen molar-refractivity contribution in [1.82, 2.24) is 15.7 Å². The number of ether oxygens (including phenoxy) is 1. The highest BCUT2D eigenvalue weighted by molar-refractivity contribution is 5.97. The number of amides is 2. The highest BCUT2D eigenvalue weighted by Crippen LogP contribution is 1.90. The van der Waals surface area contributed by atoms with Crippen molar-refractivity contribution in [2.45, 2.75) is 12.8 Å². The maximum absolute atomic E-state index is 11.4. The lowest BCUT2D eigenvalue weighted by Crippen LogP contribution is -2.30. The molecule has 0 atom stereocenters. The number of nitrogens with one attached hydrogen (secondary N) is 2. The number of rotatable bonds is 8. The van der Waals surface area contributed by atoms with E-state index in [-0.39, 0.29) is 12.3 Å². The zero-order valence-electron chi connectivity index (χ0n) is 11.3. The van der Waals surface area contributed by atoms with Crippen LogP contribution in [-0.2, 0) is 14.3 Å². The molecule has 2 amide bonds. The van der Waals surface area contributed by atoms with Gasteiger partial charge >= 0.3 is 0 Å². The molecule has 108 valence electrons. The third-order valence-corrected chi connectivity index (χ3v) is 2.28. The van der Waals surface area contributed by atoms with Gasteiger partial charge in [0.05, 0.1) is 6.21 Å². The van der Waals surface area contributed by atoms with Crippen molar-refractivity contribution in [1.29, 1.82) is 0 Å². The summed E-state index contributed by atoms with van der Waals surface area (Å²) in [4.78, 5) is 26.6. The van der Waals surface area contributed by atoms with Crippen LogP contribution in [0.15, 0.2) is 29.6 Å². The van der Waals surface area contributed by atoms with E-state index in [0.717, 1.165) is 5.56 Å². The Morgan fingerprint density at radius 1 is 1.35 bits per heavy atom. The lowest BCUT2D eigenvalue weighted by Gasteiger charge is -2.03. The summed E-state index contributed by atoms with van der Waals surface area (Å²) in [6.45, 7) is 1.06. The summed E-state index contributed by atoms with van der Waals surface area (Å²) in [6.07, 6.45) is 5.19. The zero-order chi connectivity index (χ0) is 14.6. The first-order chi connectivity index (χ1) is 9.72. The molecule has 0 aliphatic rings. The average Bonchev–Trinajstić information content (AvgIpc) is 2.45. The van der Waals surface area contributed by atoms with E-state index >= 15 is 0 Å². The molecule has 0 bridgehead atoms. The van der Waals surface area contributed by atoms with E-state index < -0.39 is 5.91 Å². The Kier molecular flexibility index (Phi) is 7.59. The van der Waals surface area contributed by atoms with Gasteiger partial charge in [0.1, 0.15) is 6.42 Å². The van der Waals surface area contributed by atoms with E-state index in [0.29, 0.717) is 19.6 Å². The lowest BCUT2D eigenvalue weighted by atomic mass is 10.3. The Bertz CT molecular complexity index is 448. The minimum Gasteiger partial charge on any atom is -0.385 e. The molecule has 0 unspecified atom stereocenters. The van der Waals surface area contributed by atoms with Crippen molar-refractivity contribution in [3.63, 3.8) is 0 Å². The molecule has 0 radical (unpaired) electrons. The standard InChI is InChI=1S/C13H18N4O3/c1-20-8-2-5-15-12(18)9-13(19)17-16-10-11-3-6-14-7-4-11/h3-4,6-7,10H,2,5,8-9H2,1H3,(H,15,18)(H,17,19)/b16-10-. The molecule has 0 aliphatic carbocycles. The second-order valence-corrected chi connectivity index (χ2v) is 3.95. The molecule has 1 aromatic heterocycles. The number of hydrazone groups is 1. The fourth-order valence-corrected chi connectivity index (χ4v) is 1.32. The average molecular weight is 278 g/mol. The molecule has 0 aliphatic heterocycles. The molecule has 0 saturated heterocycles. The van der Waals surface area contributed by atoms with Crippen molar-refractivity contribution in [3.8, 4) is 0 Å². The van der Waals surface area contributed by atoms with Crippen LogP contribution in [0.25, 0.3) is 0 Å². The van der Waals surface area contributed by atoms with Gasteiger partial charge in [0.25, 0.3) is 0 Å². The topological polar surface area (TPSA) is 92.7 Å². The van der Waals surface area contributed by atoms with Crippen molar-refractivity contribution in [3.05, 3.63) is 30.1 Å². The first kappa shape index (κ1) is 15.8. The second kappa shape index (κ2) is 9.62. The van der Waals surface area contributed by atoms with Crippen LogP contribution in [-0.4, -0.2) is 43.3 Å². The highest BCUT2D eigenvalue weighted by atomic mass is 16.5. The zero-order valence-corrected chi connectivity index (χ0v) is 11.3. The normalized spacial score (nSPS) is 10.4. The molecule has 1 aromatic rings. The highest BCUT2D eigenvalue weighted by Gasteiger charge is 2.07. The van der Waals surface area contributed by atoms with Crippen LogP contribution in [0.4, 0.5) is 0 Å². The van der Waals surface area contributed by atoms with E-state index in [1.165, 1.54) is 6.21 Å². The fourth-order valence-electron chi connectivity index (χ4n) is 1.32. The summed E-state index contributed by atoms with van der Waals surface area (Å²) in [5.74, 6) is -0.794. The fraction of sp³-hybridized carbons (Fsp3) is 0.385. The lowest BCUT2D eigenvalue weighted by molar-refractivity contribution is -0.129. The van der Waals surface area contributed by atoms with Crippen LogP contribution in [0, 0.1) is 0 Å². The first-order valence-corrected chi connectivity index (χ1v) is 6.20. The van der Waals surface area contributed by atoms with Crippen LogP contribution >= 0.6 is 0 Å². The second-order valence-electron chi connectivity index (χ2n) is 3.95. The van der Waals surface area contributed by atoms with Gasteiger partial charge in [0, 0.05) is 32.7 Å². The molecule has 20 heavy (non-hydrogen) atoms. The number of methoxy groups -OCH3 is 1. The summed E-state index contributed by atoms with van der Waals surface area (Å²) in [7, 11) is 1.59. The summed E-state index contributed by atoms with van der Waals surface area (Å²) in [5.41, 5.74) is 3.10. The Morgan fingerprint density at radius 3 is 2.80 bits per heavy atom. The molecule has 1 heterocycles. The van der Waals surface area contributed by atoms with E-state index in [1.54, 1.807) is 31.6 Å². The van der Waals surface area contributed by atoms with Gasteiger partial charge in [-0.15, -0.1) is 0 Å². The maximum atomic E-state index is 11.4. The number of aromatic nitrogens is 1. The minimum atomic E-state index is -0.459. The molecule has 0 fully saturated rings. The smallest absolute Gasteiger partial charge is 0.249 e. The SMILES string of the molecule is COCCCNC(=O)CC(=O)N/N=C\c1ccncc1. The number of carbonyl (C=O) groups excluding carboxylic acids is 2. The van der Waals surface area contributed by atoms with Crippen molar-refractivity contribution in [2.75, 3.05) is 20.3 Å². The molecule has 0 spiro atoms. The molecule has 1 rings (SSSR count). The van der Waals surface area contributed by atoms with Gasteiger partial charge < -0.3 is 10.1 Å². The quantitative estimate of drug-likeness (QED) is 0.305. The first-order valence-electron chi connectivity index (χ1n) is 6.20. The van der Waals surface area contributed by atoms with Gasteiger partial charge in [-0.1, -0.05) is 0 Å². The predicted octanol–water partition coefficient (Wildman–Crippen LogP) is 0.0745. The van der Waals surface area contributed by atoms with Crippen LogP contribution < -0.4 is 10.7 Å². The van der Waals surface area contributed by atoms with Crippen molar-refractivity contribution >= 4 is 18.0 Å². The maximum Gasteiger partial charge on any atom is 0.249 e. The van der Waals surface area contributed by atoms with Crippen molar-refractivity contribution in [2.24, 2.45) is 5.10 Å². The van der Waals surface area contributed by atoms with Crippen LogP contribution in [0.5, 0.6) is 0 Å². The summed E-state index contributed by atoms with van der Waals surface area (Å²) < 4.78 is 4.85. The van der Waals surface area contributed by atoms with Crippen LogP contribution in [0.2, 0.25) is 0 Å². The number of nitrogens with zero attached hydrogens (tertiary/aromatic N) is 2. The number of pyridine rings is 1. The Morgan fingerprint density at radius 2 is 2.10 bits per heavy atom. The number of carbonyl (C=O) groups is 2. The third kappa shape index (κ3) is 7.22. The van der Waals surface area contributed by atoms with Gasteiger partial charge in [-0.05, 0) is 24.1 Å². The van der Waals surface area contributed by atoms with Gasteiger partial charge in [-0.3, -0.25) is 14.6 Å². The predicted molar refractivity (Wildman–Crippen MR) is 74.1 cm³/mol. The van der Waals surface area contributed by atoms with Crippen LogP contribution in [0.1, 0.15) is 18.4 Å². The Balaban J connectivity index is 2.19. The van der Waals surface area contributed by atoms with E-state index in [2.05, 4.69) is 20.8 Å². The molecule has 7 nitrogen and oxygen atoms in total. The molecular formula is C13H18N4O3. The largest absolute Gasteiger partial charge is 0.385 e. The molecule has 2 N–H and O–H groups in total. The molecular weight excluding hydrogens is 260 g/mol. The number of hydrogen-bond acceptors (Lipinski definition) is 5. The van der Waals surface area contributed by atoms with Crippen LogP contribution in [0.3, 0.4) is 0 Å². The van der Waals surface area contributed by atoms with Gasteiger partial charge in [-0.2, -0.15) is 5.10 Å². The van der Waals surface area contributed by atoms with E-state index in [9.17, 15) is 9.59 Å². The number of hydrogen-bond donors (Lipinski definition) is 2. The monoisotopic (exact) mass is 278 g/mol. The molecule has 0 aromatic carbocycles. The minimum absolute atomic E-state index is 0.249. The molecule has 7 heteroatoms. The Hall–Kier alpha value is -2.28. The summed E-state index contributed by atoms with van der Waals surface area (Å²) in [5, 5.41) is 6.37. The Labute approximate surface area is 117 Å². The summed E-state index contributed by atoms with van der Waals surface area (Å²) in [6, 6.07) is 3.50. The van der Waals surface area contributed by atoms with E-state index in [4.69, 9.17) is 4.74 Å². The van der Waals surface area contributed by atoms with Gasteiger partial charge in [-0.25, -0.2) is 5.43 Å². The third-order valence-electron chi connectivity index (χ3n) is 2.28.